The zero-order valence-electron chi connectivity index (χ0n) is 11.7. The molecule has 102 valence electrons. The normalized spacial score (nSPS) is 11.9. The SMILES string of the molecule is CC(C)Cn1ncc(NCC(C)(C)C)c(Cl)c1=O. The molecule has 0 unspecified atom stereocenters. The van der Waals surface area contributed by atoms with E-state index in [0.29, 0.717) is 18.2 Å². The number of hydrogen-bond acceptors (Lipinski definition) is 3. The van der Waals surface area contributed by atoms with E-state index < -0.39 is 0 Å². The first-order valence-electron chi connectivity index (χ1n) is 6.20. The molecule has 0 fully saturated rings. The number of aromatic nitrogens is 2. The van der Waals surface area contributed by atoms with Gasteiger partial charge in [-0.05, 0) is 11.3 Å². The van der Waals surface area contributed by atoms with Gasteiger partial charge < -0.3 is 5.32 Å². The van der Waals surface area contributed by atoms with Gasteiger partial charge in [0.15, 0.2) is 0 Å². The van der Waals surface area contributed by atoms with Crippen LogP contribution in [0.25, 0.3) is 0 Å². The number of anilines is 1. The molecule has 0 spiro atoms. The van der Waals surface area contributed by atoms with Crippen LogP contribution < -0.4 is 10.9 Å². The molecular weight excluding hydrogens is 250 g/mol. The van der Waals surface area contributed by atoms with Gasteiger partial charge in [0.25, 0.3) is 5.56 Å². The Morgan fingerprint density at radius 1 is 1.44 bits per heavy atom. The Bertz CT molecular complexity index is 460. The second-order valence-electron chi connectivity index (χ2n) is 6.17. The molecule has 1 rings (SSSR count). The highest BCUT2D eigenvalue weighted by Gasteiger charge is 2.13. The van der Waals surface area contributed by atoms with Gasteiger partial charge in [0.2, 0.25) is 0 Å². The van der Waals surface area contributed by atoms with E-state index >= 15 is 0 Å². The van der Waals surface area contributed by atoms with Crippen molar-refractivity contribution < 1.29 is 0 Å². The van der Waals surface area contributed by atoms with Gasteiger partial charge in [-0.2, -0.15) is 5.10 Å². The van der Waals surface area contributed by atoms with Crippen molar-refractivity contribution in [3.05, 3.63) is 21.6 Å². The van der Waals surface area contributed by atoms with Crippen LogP contribution in [0.2, 0.25) is 5.02 Å². The molecule has 18 heavy (non-hydrogen) atoms. The van der Waals surface area contributed by atoms with Gasteiger partial charge in [0, 0.05) is 13.1 Å². The quantitative estimate of drug-likeness (QED) is 0.916. The average Bonchev–Trinajstić information content (AvgIpc) is 2.22. The molecule has 1 heterocycles. The first-order chi connectivity index (χ1) is 8.20. The first-order valence-corrected chi connectivity index (χ1v) is 6.58. The third kappa shape index (κ3) is 4.33. The van der Waals surface area contributed by atoms with Crippen LogP contribution in [0.3, 0.4) is 0 Å². The fourth-order valence-corrected chi connectivity index (χ4v) is 1.64. The van der Waals surface area contributed by atoms with Crippen molar-refractivity contribution >= 4 is 17.3 Å². The smallest absolute Gasteiger partial charge is 0.287 e. The van der Waals surface area contributed by atoms with Gasteiger partial charge in [-0.15, -0.1) is 0 Å². The molecule has 0 radical (unpaired) electrons. The van der Waals surface area contributed by atoms with Gasteiger partial charge in [-0.1, -0.05) is 46.2 Å². The minimum absolute atomic E-state index is 0.121. The lowest BCUT2D eigenvalue weighted by molar-refractivity contribution is 0.442. The van der Waals surface area contributed by atoms with Crippen LogP contribution in [0, 0.1) is 11.3 Å². The molecule has 0 saturated carbocycles. The van der Waals surface area contributed by atoms with E-state index in [1.807, 2.05) is 13.8 Å². The molecule has 1 aromatic heterocycles. The summed E-state index contributed by atoms with van der Waals surface area (Å²) in [5.41, 5.74) is 0.497. The Labute approximate surface area is 113 Å². The van der Waals surface area contributed by atoms with Gasteiger partial charge in [-0.25, -0.2) is 4.68 Å². The number of nitrogens with one attached hydrogen (secondary N) is 1. The largest absolute Gasteiger partial charge is 0.382 e. The Kier molecular flexibility index (Phi) is 4.79. The summed E-state index contributed by atoms with van der Waals surface area (Å²) in [6.45, 7) is 11.7. The molecule has 0 amide bonds. The van der Waals surface area contributed by atoms with E-state index in [1.165, 1.54) is 4.68 Å². The van der Waals surface area contributed by atoms with Gasteiger partial charge in [0.1, 0.15) is 5.02 Å². The molecule has 4 nitrogen and oxygen atoms in total. The van der Waals surface area contributed by atoms with E-state index in [1.54, 1.807) is 6.20 Å². The summed E-state index contributed by atoms with van der Waals surface area (Å²) < 4.78 is 1.41. The standard InChI is InChI=1S/C13H22ClN3O/c1-9(2)7-17-12(18)11(14)10(6-16-17)15-8-13(3,4)5/h6,9,15H,7-8H2,1-5H3. The molecule has 1 aromatic rings. The predicted molar refractivity (Wildman–Crippen MR) is 76.3 cm³/mol. The van der Waals surface area contributed by atoms with Crippen molar-refractivity contribution in [1.29, 1.82) is 0 Å². The molecule has 0 atom stereocenters. The fourth-order valence-electron chi connectivity index (χ4n) is 1.42. The highest BCUT2D eigenvalue weighted by molar-refractivity contribution is 6.32. The Morgan fingerprint density at radius 2 is 2.06 bits per heavy atom. The zero-order valence-corrected chi connectivity index (χ0v) is 12.5. The molecule has 0 aliphatic rings. The zero-order chi connectivity index (χ0) is 13.9. The summed E-state index contributed by atoms with van der Waals surface area (Å²) in [6.07, 6.45) is 1.62. The minimum Gasteiger partial charge on any atom is -0.382 e. The summed E-state index contributed by atoms with van der Waals surface area (Å²) in [4.78, 5) is 12.0. The minimum atomic E-state index is -0.232. The summed E-state index contributed by atoms with van der Waals surface area (Å²) in [7, 11) is 0. The molecule has 0 aromatic carbocycles. The fraction of sp³-hybridized carbons (Fsp3) is 0.692. The van der Waals surface area contributed by atoms with Gasteiger partial charge in [0.05, 0.1) is 11.9 Å². The van der Waals surface area contributed by atoms with Crippen molar-refractivity contribution in [2.45, 2.75) is 41.2 Å². The molecule has 0 aliphatic carbocycles. The van der Waals surface area contributed by atoms with Crippen LogP contribution in [0.5, 0.6) is 0 Å². The van der Waals surface area contributed by atoms with Crippen molar-refractivity contribution in [2.24, 2.45) is 11.3 Å². The lowest BCUT2D eigenvalue weighted by Crippen LogP contribution is -2.27. The van der Waals surface area contributed by atoms with Crippen LogP contribution in [0.4, 0.5) is 5.69 Å². The topological polar surface area (TPSA) is 46.9 Å². The maximum absolute atomic E-state index is 12.0. The predicted octanol–water partition coefficient (Wildman–Crippen LogP) is 3.01. The van der Waals surface area contributed by atoms with E-state index in [0.717, 1.165) is 6.54 Å². The van der Waals surface area contributed by atoms with Crippen LogP contribution in [0.15, 0.2) is 11.0 Å². The van der Waals surface area contributed by atoms with Crippen molar-refractivity contribution in [3.63, 3.8) is 0 Å². The number of hydrogen-bond donors (Lipinski definition) is 1. The van der Waals surface area contributed by atoms with Gasteiger partial charge >= 0.3 is 0 Å². The van der Waals surface area contributed by atoms with Crippen LogP contribution in [-0.2, 0) is 6.54 Å². The molecule has 5 heteroatoms. The molecule has 0 aliphatic heterocycles. The van der Waals surface area contributed by atoms with E-state index in [-0.39, 0.29) is 16.0 Å². The van der Waals surface area contributed by atoms with E-state index in [9.17, 15) is 4.79 Å². The van der Waals surface area contributed by atoms with Crippen molar-refractivity contribution in [1.82, 2.24) is 9.78 Å². The average molecular weight is 272 g/mol. The van der Waals surface area contributed by atoms with Crippen molar-refractivity contribution in [3.8, 4) is 0 Å². The van der Waals surface area contributed by atoms with Crippen molar-refractivity contribution in [2.75, 3.05) is 11.9 Å². The monoisotopic (exact) mass is 271 g/mol. The van der Waals surface area contributed by atoms with E-state index in [4.69, 9.17) is 11.6 Å². The second kappa shape index (κ2) is 5.74. The number of rotatable bonds is 4. The van der Waals surface area contributed by atoms with Crippen LogP contribution in [-0.4, -0.2) is 16.3 Å². The summed E-state index contributed by atoms with van der Waals surface area (Å²) in [5, 5.41) is 7.52. The molecule has 0 bridgehead atoms. The lowest BCUT2D eigenvalue weighted by Gasteiger charge is -2.20. The Morgan fingerprint density at radius 3 is 2.56 bits per heavy atom. The van der Waals surface area contributed by atoms with Crippen LogP contribution in [0.1, 0.15) is 34.6 Å². The molecule has 0 saturated heterocycles. The summed E-state index contributed by atoms with van der Waals surface area (Å²) >= 11 is 6.07. The maximum Gasteiger partial charge on any atom is 0.287 e. The number of nitrogens with zero attached hydrogens (tertiary/aromatic N) is 2. The van der Waals surface area contributed by atoms with E-state index in [2.05, 4.69) is 31.2 Å². The van der Waals surface area contributed by atoms with Crippen LogP contribution >= 0.6 is 11.6 Å². The highest BCUT2D eigenvalue weighted by atomic mass is 35.5. The number of halogens is 1. The third-order valence-electron chi connectivity index (χ3n) is 2.33. The summed E-state index contributed by atoms with van der Waals surface area (Å²) in [5.74, 6) is 0.361. The van der Waals surface area contributed by atoms with Gasteiger partial charge in [-0.3, -0.25) is 4.79 Å². The maximum atomic E-state index is 12.0. The first kappa shape index (κ1) is 15.0. The third-order valence-corrected chi connectivity index (χ3v) is 2.70. The lowest BCUT2D eigenvalue weighted by atomic mass is 9.97. The summed E-state index contributed by atoms with van der Waals surface area (Å²) in [6, 6.07) is 0. The Balaban J connectivity index is 2.91. The Hall–Kier alpha value is -1.03. The molecular formula is C13H22ClN3O. The second-order valence-corrected chi connectivity index (χ2v) is 6.55. The highest BCUT2D eigenvalue weighted by Crippen LogP contribution is 2.19. The molecule has 1 N–H and O–H groups in total.